The first-order valence-corrected chi connectivity index (χ1v) is 6.12. The zero-order valence-electron chi connectivity index (χ0n) is 10.4. The van der Waals surface area contributed by atoms with Crippen molar-refractivity contribution in [2.24, 2.45) is 17.4 Å². The van der Waals surface area contributed by atoms with Gasteiger partial charge in [-0.15, -0.1) is 0 Å². The van der Waals surface area contributed by atoms with Gasteiger partial charge in [0.1, 0.15) is 6.29 Å². The molecule has 0 spiro atoms. The summed E-state index contributed by atoms with van der Waals surface area (Å²) in [5, 5.41) is 0. The lowest BCUT2D eigenvalue weighted by molar-refractivity contribution is -0.111. The maximum Gasteiger partial charge on any atom is 0.123 e. The lowest BCUT2D eigenvalue weighted by Gasteiger charge is -2.03. The van der Waals surface area contributed by atoms with Crippen LogP contribution in [0.5, 0.6) is 0 Å². The van der Waals surface area contributed by atoms with E-state index in [1.165, 1.54) is 12.8 Å². The molecule has 0 saturated carbocycles. The summed E-state index contributed by atoms with van der Waals surface area (Å²) in [6.45, 7) is 5.76. The lowest BCUT2D eigenvalue weighted by atomic mass is 10.0. The second kappa shape index (κ2) is 16.0. The van der Waals surface area contributed by atoms with Gasteiger partial charge in [-0.3, -0.25) is 0 Å². The molecule has 4 N–H and O–H groups in total. The van der Waals surface area contributed by atoms with Gasteiger partial charge >= 0.3 is 0 Å². The van der Waals surface area contributed by atoms with Gasteiger partial charge in [0, 0.05) is 5.92 Å². The van der Waals surface area contributed by atoms with E-state index >= 15 is 0 Å². The van der Waals surface area contributed by atoms with Crippen molar-refractivity contribution >= 4 is 6.29 Å². The van der Waals surface area contributed by atoms with Crippen LogP contribution in [0, 0.1) is 5.92 Å². The Hall–Kier alpha value is -0.410. The van der Waals surface area contributed by atoms with Gasteiger partial charge in [-0.05, 0) is 38.8 Å². The Morgan fingerprint density at radius 2 is 1.60 bits per heavy atom. The van der Waals surface area contributed by atoms with Gasteiger partial charge in [-0.1, -0.05) is 26.7 Å². The predicted octanol–water partition coefficient (Wildman–Crippen LogP) is 2.09. The second-order valence-electron chi connectivity index (χ2n) is 3.73. The number of carbonyl (C=O) groups excluding carboxylic acids is 1. The summed E-state index contributed by atoms with van der Waals surface area (Å²) in [5.41, 5.74) is 10.3. The largest absolute Gasteiger partial charge is 0.330 e. The van der Waals surface area contributed by atoms with E-state index in [-0.39, 0.29) is 0 Å². The molecule has 0 rings (SSSR count). The van der Waals surface area contributed by atoms with Crippen LogP contribution in [0.4, 0.5) is 0 Å². The summed E-state index contributed by atoms with van der Waals surface area (Å²) in [7, 11) is 0. The first-order valence-electron chi connectivity index (χ1n) is 6.12. The highest BCUT2D eigenvalue weighted by Gasteiger charge is 2.01. The van der Waals surface area contributed by atoms with Crippen LogP contribution in [-0.2, 0) is 4.79 Å². The molecule has 1 atom stereocenters. The third kappa shape index (κ3) is 16.3. The molecule has 0 aliphatic rings. The standard InChI is InChI=1S/C8H16O.C4H12N2/c1-3-5-6-8(4-2)7-9;5-3-1-2-4-6/h7-8H,3-6H2,1-2H3;1-6H2. The average Bonchev–Trinajstić information content (AvgIpc) is 2.29. The van der Waals surface area contributed by atoms with E-state index in [9.17, 15) is 4.79 Å². The normalized spacial score (nSPS) is 11.5. The van der Waals surface area contributed by atoms with E-state index in [4.69, 9.17) is 11.5 Å². The Kier molecular flexibility index (Phi) is 18.2. The van der Waals surface area contributed by atoms with Crippen LogP contribution in [0.3, 0.4) is 0 Å². The highest BCUT2D eigenvalue weighted by molar-refractivity contribution is 5.53. The topological polar surface area (TPSA) is 69.1 Å². The van der Waals surface area contributed by atoms with Gasteiger partial charge in [0.05, 0.1) is 0 Å². The van der Waals surface area contributed by atoms with Gasteiger partial charge in [-0.2, -0.15) is 0 Å². The van der Waals surface area contributed by atoms with Crippen molar-refractivity contribution in [3.8, 4) is 0 Å². The molecule has 0 aliphatic carbocycles. The molecule has 92 valence electrons. The highest BCUT2D eigenvalue weighted by atomic mass is 16.1. The Morgan fingerprint density at radius 3 is 1.87 bits per heavy atom. The van der Waals surface area contributed by atoms with E-state index < -0.39 is 0 Å². The summed E-state index contributed by atoms with van der Waals surface area (Å²) in [5.74, 6) is 0.324. The molecule has 0 aromatic heterocycles. The molecule has 0 aliphatic heterocycles. The summed E-state index contributed by atoms with van der Waals surface area (Å²) in [6.07, 6.45) is 7.68. The Balaban J connectivity index is 0. The molecule has 0 bridgehead atoms. The Labute approximate surface area is 94.6 Å². The second-order valence-corrected chi connectivity index (χ2v) is 3.73. The lowest BCUT2D eigenvalue weighted by Crippen LogP contribution is -2.03. The van der Waals surface area contributed by atoms with Crippen LogP contribution in [0.15, 0.2) is 0 Å². The maximum absolute atomic E-state index is 10.2. The van der Waals surface area contributed by atoms with Gasteiger partial charge < -0.3 is 16.3 Å². The number of hydrogen-bond acceptors (Lipinski definition) is 3. The fourth-order valence-corrected chi connectivity index (χ4v) is 1.12. The minimum absolute atomic E-state index is 0.324. The van der Waals surface area contributed by atoms with Crippen LogP contribution >= 0.6 is 0 Å². The zero-order chi connectivity index (χ0) is 11.9. The Morgan fingerprint density at radius 1 is 1.07 bits per heavy atom. The molecule has 0 fully saturated rings. The van der Waals surface area contributed by atoms with E-state index in [1.54, 1.807) is 0 Å². The molecule has 15 heavy (non-hydrogen) atoms. The zero-order valence-corrected chi connectivity index (χ0v) is 10.4. The van der Waals surface area contributed by atoms with Crippen molar-refractivity contribution in [3.05, 3.63) is 0 Å². The van der Waals surface area contributed by atoms with Gasteiger partial charge in [0.15, 0.2) is 0 Å². The number of unbranched alkanes of at least 4 members (excludes halogenated alkanes) is 2. The molecule has 0 aromatic rings. The molecule has 1 unspecified atom stereocenters. The maximum atomic E-state index is 10.2. The van der Waals surface area contributed by atoms with Gasteiger partial charge in [0.2, 0.25) is 0 Å². The summed E-state index contributed by atoms with van der Waals surface area (Å²) < 4.78 is 0. The first-order chi connectivity index (χ1) is 7.26. The van der Waals surface area contributed by atoms with Gasteiger partial charge in [0.25, 0.3) is 0 Å². The van der Waals surface area contributed by atoms with E-state index in [0.29, 0.717) is 5.92 Å². The van der Waals surface area contributed by atoms with Crippen molar-refractivity contribution in [2.75, 3.05) is 13.1 Å². The van der Waals surface area contributed by atoms with Crippen molar-refractivity contribution in [3.63, 3.8) is 0 Å². The van der Waals surface area contributed by atoms with E-state index in [1.807, 2.05) is 0 Å². The average molecular weight is 216 g/mol. The molecular weight excluding hydrogens is 188 g/mol. The number of carbonyl (C=O) groups is 1. The van der Waals surface area contributed by atoms with Crippen LogP contribution in [0.2, 0.25) is 0 Å². The Bertz CT molecular complexity index is 114. The number of hydrogen-bond donors (Lipinski definition) is 2. The van der Waals surface area contributed by atoms with Crippen LogP contribution < -0.4 is 11.5 Å². The minimum Gasteiger partial charge on any atom is -0.330 e. The molecule has 3 heteroatoms. The summed E-state index contributed by atoms with van der Waals surface area (Å²) in [4.78, 5) is 10.2. The molecule has 0 saturated heterocycles. The van der Waals surface area contributed by atoms with Crippen LogP contribution in [-0.4, -0.2) is 19.4 Å². The number of nitrogens with two attached hydrogens (primary N) is 2. The number of rotatable bonds is 8. The van der Waals surface area contributed by atoms with Crippen LogP contribution in [0.25, 0.3) is 0 Å². The monoisotopic (exact) mass is 216 g/mol. The van der Waals surface area contributed by atoms with Gasteiger partial charge in [-0.25, -0.2) is 0 Å². The molecule has 0 aromatic carbocycles. The molecule has 0 amide bonds. The van der Waals surface area contributed by atoms with Crippen molar-refractivity contribution in [2.45, 2.75) is 52.4 Å². The first kappa shape index (κ1) is 17.0. The molecule has 0 radical (unpaired) electrons. The molecule has 3 nitrogen and oxygen atoms in total. The summed E-state index contributed by atoms with van der Waals surface area (Å²) >= 11 is 0. The molecular formula is C12H28N2O. The number of aldehydes is 1. The van der Waals surface area contributed by atoms with E-state index in [2.05, 4.69) is 13.8 Å². The SMILES string of the molecule is CCCCC(C=O)CC.NCCCCN. The quantitative estimate of drug-likeness (QED) is 0.482. The summed E-state index contributed by atoms with van der Waals surface area (Å²) in [6, 6.07) is 0. The van der Waals surface area contributed by atoms with Crippen molar-refractivity contribution in [1.82, 2.24) is 0 Å². The fourth-order valence-electron chi connectivity index (χ4n) is 1.12. The third-order valence-corrected chi connectivity index (χ3v) is 2.30. The predicted molar refractivity (Wildman–Crippen MR) is 66.7 cm³/mol. The highest BCUT2D eigenvalue weighted by Crippen LogP contribution is 2.08. The van der Waals surface area contributed by atoms with Crippen LogP contribution in [0.1, 0.15) is 52.4 Å². The van der Waals surface area contributed by atoms with Crippen molar-refractivity contribution < 1.29 is 4.79 Å². The van der Waals surface area contributed by atoms with E-state index in [0.717, 1.165) is 45.1 Å². The third-order valence-electron chi connectivity index (χ3n) is 2.30. The van der Waals surface area contributed by atoms with Crippen molar-refractivity contribution in [1.29, 1.82) is 0 Å². The smallest absolute Gasteiger partial charge is 0.123 e. The minimum atomic E-state index is 0.324. The fraction of sp³-hybridized carbons (Fsp3) is 0.917. The molecule has 0 heterocycles.